The zero-order chi connectivity index (χ0) is 13.9. The quantitative estimate of drug-likeness (QED) is 0.674. The number of hydrazine groups is 1. The summed E-state index contributed by atoms with van der Waals surface area (Å²) in [5.74, 6) is -0.957. The number of hydrogen-bond donors (Lipinski definition) is 3. The van der Waals surface area contributed by atoms with Crippen LogP contribution in [0.25, 0.3) is 0 Å². The highest BCUT2D eigenvalue weighted by atomic mass is 32.2. The van der Waals surface area contributed by atoms with Crippen molar-refractivity contribution in [1.82, 2.24) is 15.6 Å². The summed E-state index contributed by atoms with van der Waals surface area (Å²) in [5, 5.41) is 2.94. The number of carbonyl (C=O) groups is 1. The molecule has 6 nitrogen and oxygen atoms in total. The van der Waals surface area contributed by atoms with E-state index >= 15 is 0 Å². The Morgan fingerprint density at radius 1 is 1.32 bits per heavy atom. The molecule has 8 heteroatoms. The van der Waals surface area contributed by atoms with Crippen LogP contribution in [0.15, 0.2) is 29.2 Å². The smallest absolute Gasteiger partial charge is 0.257 e. The maximum absolute atomic E-state index is 12.7. The van der Waals surface area contributed by atoms with Gasteiger partial charge >= 0.3 is 0 Å². The van der Waals surface area contributed by atoms with Crippen LogP contribution in [0, 0.1) is 5.82 Å². The van der Waals surface area contributed by atoms with Crippen LogP contribution in [-0.2, 0) is 14.8 Å². The molecule has 1 aromatic carbocycles. The number of nitrogens with one attached hydrogen (secondary N) is 3. The van der Waals surface area contributed by atoms with Crippen molar-refractivity contribution in [3.8, 4) is 0 Å². The van der Waals surface area contributed by atoms with E-state index in [2.05, 4.69) is 10.7 Å². The van der Waals surface area contributed by atoms with Gasteiger partial charge in [-0.25, -0.2) is 12.8 Å². The van der Waals surface area contributed by atoms with Gasteiger partial charge in [-0.1, -0.05) is 0 Å². The van der Waals surface area contributed by atoms with Crippen molar-refractivity contribution in [2.75, 3.05) is 6.54 Å². The second-order valence-electron chi connectivity index (χ2n) is 4.20. The molecule has 2 rings (SSSR count). The Hall–Kier alpha value is -1.51. The van der Waals surface area contributed by atoms with Crippen LogP contribution in [0.4, 0.5) is 4.39 Å². The van der Waals surface area contributed by atoms with Crippen molar-refractivity contribution in [3.63, 3.8) is 0 Å². The Kier molecular flexibility index (Phi) is 4.13. The second-order valence-corrected chi connectivity index (χ2v) is 5.88. The Balaban J connectivity index is 1.97. The zero-order valence-electron chi connectivity index (χ0n) is 10.0. The molecular formula is C11H14FN3O3S. The average molecular weight is 287 g/mol. The first-order chi connectivity index (χ1) is 8.99. The molecule has 1 unspecified atom stereocenters. The molecule has 0 saturated carbocycles. The van der Waals surface area contributed by atoms with E-state index in [-0.39, 0.29) is 10.9 Å². The third kappa shape index (κ3) is 3.49. The molecule has 0 spiro atoms. The largest absolute Gasteiger partial charge is 0.306 e. The predicted molar refractivity (Wildman–Crippen MR) is 65.9 cm³/mol. The lowest BCUT2D eigenvalue weighted by Crippen LogP contribution is -2.48. The molecule has 1 heterocycles. The van der Waals surface area contributed by atoms with Crippen molar-refractivity contribution in [3.05, 3.63) is 30.1 Å². The summed E-state index contributed by atoms with van der Waals surface area (Å²) in [6.07, 6.45) is 1.55. The van der Waals surface area contributed by atoms with Gasteiger partial charge in [0, 0.05) is 0 Å². The van der Waals surface area contributed by atoms with Crippen LogP contribution in [0.2, 0.25) is 0 Å². The maximum atomic E-state index is 12.7. The summed E-state index contributed by atoms with van der Waals surface area (Å²) in [6.45, 7) is 0.739. The molecule has 3 N–H and O–H groups in total. The maximum Gasteiger partial charge on any atom is 0.257 e. The summed E-state index contributed by atoms with van der Waals surface area (Å²) in [4.78, 5) is 13.5. The van der Waals surface area contributed by atoms with Crippen molar-refractivity contribution in [1.29, 1.82) is 0 Å². The molecule has 104 valence electrons. The van der Waals surface area contributed by atoms with E-state index in [4.69, 9.17) is 0 Å². The topological polar surface area (TPSA) is 87.3 Å². The molecule has 0 bridgehead atoms. The minimum absolute atomic E-state index is 0.117. The monoisotopic (exact) mass is 287 g/mol. The number of benzene rings is 1. The molecular weight excluding hydrogens is 273 g/mol. The molecule has 0 aromatic heterocycles. The number of hydrogen-bond acceptors (Lipinski definition) is 4. The highest BCUT2D eigenvalue weighted by Crippen LogP contribution is 2.09. The summed E-state index contributed by atoms with van der Waals surface area (Å²) in [5.41, 5.74) is 2.14. The van der Waals surface area contributed by atoms with Gasteiger partial charge in [0.2, 0.25) is 0 Å². The van der Waals surface area contributed by atoms with Gasteiger partial charge in [-0.15, -0.1) is 4.83 Å². The van der Waals surface area contributed by atoms with Crippen molar-refractivity contribution < 1.29 is 17.6 Å². The molecule has 1 amide bonds. The van der Waals surface area contributed by atoms with E-state index in [0.717, 1.165) is 37.2 Å². The van der Waals surface area contributed by atoms with Crippen molar-refractivity contribution in [2.24, 2.45) is 0 Å². The number of rotatable bonds is 4. The van der Waals surface area contributed by atoms with Crippen molar-refractivity contribution >= 4 is 15.9 Å². The fourth-order valence-corrected chi connectivity index (χ4v) is 2.63. The van der Waals surface area contributed by atoms with Gasteiger partial charge in [-0.2, -0.15) is 0 Å². The highest BCUT2D eigenvalue weighted by Gasteiger charge is 2.23. The van der Waals surface area contributed by atoms with Gasteiger partial charge in [0.25, 0.3) is 15.9 Å². The van der Waals surface area contributed by atoms with E-state index in [1.54, 1.807) is 0 Å². The Morgan fingerprint density at radius 3 is 2.58 bits per heavy atom. The third-order valence-corrected chi connectivity index (χ3v) is 4.07. The summed E-state index contributed by atoms with van der Waals surface area (Å²) >= 11 is 0. The lowest BCUT2D eigenvalue weighted by molar-refractivity contribution is -0.123. The van der Waals surface area contributed by atoms with Crippen LogP contribution in [0.5, 0.6) is 0 Å². The SMILES string of the molecule is O=C(NNS(=O)(=O)c1ccc(F)cc1)C1CCCN1. The van der Waals surface area contributed by atoms with Crippen LogP contribution < -0.4 is 15.6 Å². The van der Waals surface area contributed by atoms with Crippen LogP contribution in [0.3, 0.4) is 0 Å². The first-order valence-electron chi connectivity index (χ1n) is 5.80. The number of amides is 1. The van der Waals surface area contributed by atoms with Gasteiger partial charge in [-0.3, -0.25) is 10.2 Å². The lowest BCUT2D eigenvalue weighted by Gasteiger charge is -2.12. The van der Waals surface area contributed by atoms with Crippen LogP contribution in [0.1, 0.15) is 12.8 Å². The second kappa shape index (κ2) is 5.64. The predicted octanol–water partition coefficient (Wildman–Crippen LogP) is -0.113. The van der Waals surface area contributed by atoms with E-state index in [0.29, 0.717) is 6.42 Å². The fourth-order valence-electron chi connectivity index (χ4n) is 1.79. The van der Waals surface area contributed by atoms with Gasteiger partial charge < -0.3 is 5.32 Å². The molecule has 1 atom stereocenters. The molecule has 0 radical (unpaired) electrons. The number of sulfonamides is 1. The van der Waals surface area contributed by atoms with E-state index in [1.807, 2.05) is 4.83 Å². The first-order valence-corrected chi connectivity index (χ1v) is 7.28. The van der Waals surface area contributed by atoms with Gasteiger partial charge in [0.15, 0.2) is 0 Å². The minimum atomic E-state index is -3.88. The van der Waals surface area contributed by atoms with Gasteiger partial charge in [-0.05, 0) is 43.7 Å². The molecule has 19 heavy (non-hydrogen) atoms. The Bertz CT molecular complexity index is 553. The molecule has 1 saturated heterocycles. The lowest BCUT2D eigenvalue weighted by atomic mass is 10.2. The summed E-state index contributed by atoms with van der Waals surface area (Å²) in [6, 6.07) is 3.94. The van der Waals surface area contributed by atoms with Gasteiger partial charge in [0.05, 0.1) is 10.9 Å². The molecule has 1 aromatic rings. The van der Waals surface area contributed by atoms with E-state index < -0.39 is 21.7 Å². The van der Waals surface area contributed by atoms with Crippen LogP contribution >= 0.6 is 0 Å². The highest BCUT2D eigenvalue weighted by molar-refractivity contribution is 7.89. The van der Waals surface area contributed by atoms with E-state index in [1.165, 1.54) is 0 Å². The Labute approximate surface area is 110 Å². The fraction of sp³-hybridized carbons (Fsp3) is 0.364. The zero-order valence-corrected chi connectivity index (χ0v) is 10.8. The molecule has 0 aliphatic carbocycles. The third-order valence-electron chi connectivity index (χ3n) is 2.81. The number of carbonyl (C=O) groups excluding carboxylic acids is 1. The molecule has 1 aliphatic heterocycles. The summed E-state index contributed by atoms with van der Waals surface area (Å²) in [7, 11) is -3.88. The first kappa shape index (κ1) is 13.9. The standard InChI is InChI=1S/C11H14FN3O3S/c12-8-3-5-9(6-4-8)19(17,18)15-14-11(16)10-2-1-7-13-10/h3-6,10,13,15H,1-2,7H2,(H,14,16). The van der Waals surface area contributed by atoms with Crippen molar-refractivity contribution in [2.45, 2.75) is 23.8 Å². The number of halogens is 1. The molecule has 1 fully saturated rings. The van der Waals surface area contributed by atoms with E-state index in [9.17, 15) is 17.6 Å². The van der Waals surface area contributed by atoms with Crippen LogP contribution in [-0.4, -0.2) is 26.9 Å². The average Bonchev–Trinajstić information content (AvgIpc) is 2.90. The normalized spacial score (nSPS) is 19.3. The summed E-state index contributed by atoms with van der Waals surface area (Å²) < 4.78 is 36.3. The Morgan fingerprint density at radius 2 is 2.00 bits per heavy atom. The minimum Gasteiger partial charge on any atom is -0.306 e. The van der Waals surface area contributed by atoms with Gasteiger partial charge in [0.1, 0.15) is 5.82 Å². The molecule has 1 aliphatic rings.